The zero-order valence-electron chi connectivity index (χ0n) is 11.4. The molecule has 0 saturated heterocycles. The molecule has 1 aromatic heterocycles. The van der Waals surface area contributed by atoms with E-state index in [9.17, 15) is 0 Å². The van der Waals surface area contributed by atoms with Gasteiger partial charge in [-0.1, -0.05) is 18.2 Å². The third kappa shape index (κ3) is 2.76. The summed E-state index contributed by atoms with van der Waals surface area (Å²) in [6.45, 7) is 2.77. The number of ether oxygens (including phenoxy) is 1. The molecule has 0 radical (unpaired) electrons. The van der Waals surface area contributed by atoms with E-state index < -0.39 is 0 Å². The molecule has 0 spiro atoms. The highest BCUT2D eigenvalue weighted by Crippen LogP contribution is 2.28. The topological polar surface area (TPSA) is 31.5 Å². The summed E-state index contributed by atoms with van der Waals surface area (Å²) in [5.74, 6) is 0. The van der Waals surface area contributed by atoms with Gasteiger partial charge in [0.25, 0.3) is 0 Å². The maximum absolute atomic E-state index is 6.03. The molecule has 0 saturated carbocycles. The van der Waals surface area contributed by atoms with Crippen LogP contribution in [0.5, 0.6) is 0 Å². The van der Waals surface area contributed by atoms with Crippen molar-refractivity contribution < 1.29 is 22.0 Å². The number of hydrogen-bond acceptors (Lipinski definition) is 2. The highest BCUT2D eigenvalue weighted by atomic mass is 35.5. The van der Waals surface area contributed by atoms with Crippen molar-refractivity contribution in [3.63, 3.8) is 0 Å². The molecule has 1 aromatic carbocycles. The highest BCUT2D eigenvalue weighted by molar-refractivity contribution is 5.81. The molecule has 0 bridgehead atoms. The Balaban J connectivity index is 0.00000133. The summed E-state index contributed by atoms with van der Waals surface area (Å²) in [5, 5.41) is 5.94. The van der Waals surface area contributed by atoms with Crippen LogP contribution in [-0.2, 0) is 11.3 Å². The summed E-state index contributed by atoms with van der Waals surface area (Å²) in [7, 11) is 4.33. The molecule has 2 aromatic rings. The number of halogens is 1. The quantitative estimate of drug-likeness (QED) is 0.668. The van der Waals surface area contributed by atoms with Gasteiger partial charge in [-0.15, -0.1) is 0 Å². The Bertz CT molecular complexity index is 553. The lowest BCUT2D eigenvalue weighted by molar-refractivity contribution is -0.862. The minimum absolute atomic E-state index is 0. The van der Waals surface area contributed by atoms with Crippen LogP contribution < -0.4 is 17.3 Å². The zero-order chi connectivity index (χ0) is 12.5. The molecule has 1 aliphatic rings. The van der Waals surface area contributed by atoms with Crippen molar-refractivity contribution in [2.24, 2.45) is 0 Å². The molecule has 1 N–H and O–H groups in total. The van der Waals surface area contributed by atoms with Crippen LogP contribution in [-0.4, -0.2) is 37.0 Å². The normalized spacial score (nSPS) is 19.0. The monoisotopic (exact) mass is 281 g/mol. The fraction of sp³-hybridized carbons (Fsp3) is 0.500. The van der Waals surface area contributed by atoms with E-state index in [0.29, 0.717) is 0 Å². The summed E-state index contributed by atoms with van der Waals surface area (Å²) in [5.41, 5.74) is 2.33. The van der Waals surface area contributed by atoms with Crippen LogP contribution in [0.15, 0.2) is 24.3 Å². The Morgan fingerprint density at radius 3 is 2.95 bits per heavy atom. The van der Waals surface area contributed by atoms with E-state index in [1.807, 2.05) is 6.07 Å². The van der Waals surface area contributed by atoms with Crippen molar-refractivity contribution in [1.82, 2.24) is 9.78 Å². The highest BCUT2D eigenvalue weighted by Gasteiger charge is 2.25. The van der Waals surface area contributed by atoms with Crippen molar-refractivity contribution >= 4 is 10.9 Å². The first-order valence-corrected chi connectivity index (χ1v) is 6.62. The van der Waals surface area contributed by atoms with Crippen molar-refractivity contribution in [3.8, 4) is 0 Å². The number of quaternary nitrogens is 1. The van der Waals surface area contributed by atoms with E-state index in [0.717, 1.165) is 31.6 Å². The number of aryl methyl sites for hydroxylation is 1. The molecular formula is C14H20ClN3O. The van der Waals surface area contributed by atoms with Crippen LogP contribution in [0.3, 0.4) is 0 Å². The van der Waals surface area contributed by atoms with Crippen molar-refractivity contribution in [1.29, 1.82) is 0 Å². The summed E-state index contributed by atoms with van der Waals surface area (Å²) in [6.07, 6.45) is 1.20. The number of hydrogen-bond donors (Lipinski definition) is 1. The lowest BCUT2D eigenvalue weighted by Gasteiger charge is -2.18. The fourth-order valence-electron chi connectivity index (χ4n) is 2.66. The number of benzene rings is 1. The predicted molar refractivity (Wildman–Crippen MR) is 70.7 cm³/mol. The number of rotatable bonds is 2. The van der Waals surface area contributed by atoms with E-state index in [4.69, 9.17) is 9.84 Å². The maximum atomic E-state index is 6.03. The van der Waals surface area contributed by atoms with Gasteiger partial charge in [-0.25, -0.2) is 0 Å². The van der Waals surface area contributed by atoms with Gasteiger partial charge in [-0.2, -0.15) is 5.10 Å². The first-order valence-electron chi connectivity index (χ1n) is 6.62. The van der Waals surface area contributed by atoms with Crippen LogP contribution >= 0.6 is 0 Å². The molecular weight excluding hydrogens is 262 g/mol. The van der Waals surface area contributed by atoms with Crippen LogP contribution in [0.25, 0.3) is 10.9 Å². The molecule has 1 aliphatic heterocycles. The lowest BCUT2D eigenvalue weighted by atomic mass is 10.1. The standard InChI is InChI=1S/C14H19N3O.ClH/c1-16(2)10-13-14-11-6-3-4-7-12(11)15-17(14)8-5-9-18-13;/h3-4,6-7,13H,5,8-10H2,1-2H3;1H. The average molecular weight is 282 g/mol. The van der Waals surface area contributed by atoms with Crippen molar-refractivity contribution in [3.05, 3.63) is 30.0 Å². The minimum Gasteiger partial charge on any atom is -1.00 e. The minimum atomic E-state index is 0. The van der Waals surface area contributed by atoms with Crippen molar-refractivity contribution in [2.45, 2.75) is 19.1 Å². The molecule has 0 amide bonds. The Hall–Kier alpha value is -1.10. The van der Waals surface area contributed by atoms with Crippen molar-refractivity contribution in [2.75, 3.05) is 27.2 Å². The van der Waals surface area contributed by atoms with E-state index in [1.165, 1.54) is 16.0 Å². The summed E-state index contributed by atoms with van der Waals surface area (Å²) in [4.78, 5) is 1.40. The zero-order valence-corrected chi connectivity index (χ0v) is 12.2. The third-order valence-corrected chi connectivity index (χ3v) is 3.42. The number of nitrogens with zero attached hydrogens (tertiary/aromatic N) is 2. The molecule has 0 fully saturated rings. The maximum Gasteiger partial charge on any atom is 0.148 e. The summed E-state index contributed by atoms with van der Waals surface area (Å²) >= 11 is 0. The Labute approximate surface area is 119 Å². The lowest BCUT2D eigenvalue weighted by Crippen LogP contribution is -3.06. The number of aromatic nitrogens is 2. The second-order valence-electron chi connectivity index (χ2n) is 5.25. The van der Waals surface area contributed by atoms with Gasteiger partial charge in [0.05, 0.1) is 25.3 Å². The molecule has 1 atom stereocenters. The number of nitrogens with one attached hydrogen (secondary N) is 1. The molecule has 104 valence electrons. The molecule has 0 aliphatic carbocycles. The molecule has 5 heteroatoms. The third-order valence-electron chi connectivity index (χ3n) is 3.42. The van der Waals surface area contributed by atoms with Crippen LogP contribution in [0, 0.1) is 0 Å². The van der Waals surface area contributed by atoms with Gasteiger partial charge < -0.3 is 22.0 Å². The summed E-state index contributed by atoms with van der Waals surface area (Å²) in [6, 6.07) is 8.36. The van der Waals surface area contributed by atoms with Gasteiger partial charge in [0.15, 0.2) is 0 Å². The molecule has 1 unspecified atom stereocenters. The van der Waals surface area contributed by atoms with Gasteiger partial charge in [0.2, 0.25) is 0 Å². The van der Waals surface area contributed by atoms with Gasteiger partial charge in [-0.05, 0) is 12.5 Å². The Morgan fingerprint density at radius 2 is 2.16 bits per heavy atom. The second kappa shape index (κ2) is 5.90. The van der Waals surface area contributed by atoms with E-state index in [1.54, 1.807) is 0 Å². The van der Waals surface area contributed by atoms with Gasteiger partial charge in [0, 0.05) is 18.5 Å². The molecule has 19 heavy (non-hydrogen) atoms. The van der Waals surface area contributed by atoms with E-state index >= 15 is 0 Å². The molecule has 3 rings (SSSR count). The SMILES string of the molecule is C[NH+](C)CC1OCCCn2nc3ccccc3c21.[Cl-]. The second-order valence-corrected chi connectivity index (χ2v) is 5.25. The van der Waals surface area contributed by atoms with Gasteiger partial charge in [-0.3, -0.25) is 4.68 Å². The van der Waals surface area contributed by atoms with Gasteiger partial charge in [0.1, 0.15) is 12.6 Å². The largest absolute Gasteiger partial charge is 1.00 e. The van der Waals surface area contributed by atoms with E-state index in [-0.39, 0.29) is 18.5 Å². The first kappa shape index (κ1) is 14.3. The predicted octanol–water partition coefficient (Wildman–Crippen LogP) is -2.35. The smallest absolute Gasteiger partial charge is 0.148 e. The van der Waals surface area contributed by atoms with E-state index in [2.05, 4.69) is 37.0 Å². The Kier molecular flexibility index (Phi) is 4.45. The van der Waals surface area contributed by atoms with Crippen LogP contribution in [0.4, 0.5) is 0 Å². The number of likely N-dealkylation sites (N-methyl/N-ethyl adjacent to an activating group) is 1. The molecule has 2 heterocycles. The summed E-state index contributed by atoms with van der Waals surface area (Å²) < 4.78 is 8.17. The van der Waals surface area contributed by atoms with Crippen LogP contribution in [0.2, 0.25) is 0 Å². The molecule has 4 nitrogen and oxygen atoms in total. The Morgan fingerprint density at radius 1 is 1.37 bits per heavy atom. The van der Waals surface area contributed by atoms with Crippen LogP contribution in [0.1, 0.15) is 18.2 Å². The average Bonchev–Trinajstić information content (AvgIpc) is 2.60. The first-order chi connectivity index (χ1) is 8.75. The fourth-order valence-corrected chi connectivity index (χ4v) is 2.66. The van der Waals surface area contributed by atoms with Gasteiger partial charge >= 0.3 is 0 Å². The number of fused-ring (bicyclic) bond motifs is 3.